The predicted octanol–water partition coefficient (Wildman–Crippen LogP) is 3.05. The normalized spacial score (nSPS) is 12.3. The average molecular weight is 276 g/mol. The molecule has 0 aliphatic heterocycles. The SMILES string of the molecule is CCNC(COc1ccccc1)Cc1nc(C)cs1. The molecule has 0 bridgehead atoms. The van der Waals surface area contributed by atoms with Gasteiger partial charge in [-0.2, -0.15) is 0 Å². The van der Waals surface area contributed by atoms with E-state index < -0.39 is 0 Å². The van der Waals surface area contributed by atoms with E-state index in [9.17, 15) is 0 Å². The Kier molecular flexibility index (Phi) is 5.36. The highest BCUT2D eigenvalue weighted by molar-refractivity contribution is 7.09. The first-order valence-electron chi connectivity index (χ1n) is 6.60. The Balaban J connectivity index is 1.89. The summed E-state index contributed by atoms with van der Waals surface area (Å²) in [4.78, 5) is 4.51. The van der Waals surface area contributed by atoms with Crippen LogP contribution in [0.3, 0.4) is 0 Å². The van der Waals surface area contributed by atoms with Gasteiger partial charge >= 0.3 is 0 Å². The first-order valence-corrected chi connectivity index (χ1v) is 7.48. The number of likely N-dealkylation sites (N-methyl/N-ethyl adjacent to an activating group) is 1. The van der Waals surface area contributed by atoms with Gasteiger partial charge in [0.1, 0.15) is 12.4 Å². The number of ether oxygens (including phenoxy) is 1. The van der Waals surface area contributed by atoms with E-state index in [2.05, 4.69) is 22.6 Å². The second-order valence-corrected chi connectivity index (χ2v) is 5.41. The Bertz CT molecular complexity index is 484. The lowest BCUT2D eigenvalue weighted by Gasteiger charge is -2.17. The van der Waals surface area contributed by atoms with Gasteiger partial charge in [-0.05, 0) is 25.6 Å². The van der Waals surface area contributed by atoms with E-state index >= 15 is 0 Å². The molecular weight excluding hydrogens is 256 g/mol. The van der Waals surface area contributed by atoms with Gasteiger partial charge in [-0.25, -0.2) is 4.98 Å². The molecule has 0 aliphatic carbocycles. The van der Waals surface area contributed by atoms with Crippen LogP contribution in [-0.2, 0) is 6.42 Å². The van der Waals surface area contributed by atoms with Gasteiger partial charge in [0.25, 0.3) is 0 Å². The molecule has 1 atom stereocenters. The fraction of sp³-hybridized carbons (Fsp3) is 0.400. The molecule has 19 heavy (non-hydrogen) atoms. The van der Waals surface area contributed by atoms with Gasteiger partial charge in [-0.3, -0.25) is 0 Å². The number of aryl methyl sites for hydroxylation is 1. The van der Waals surface area contributed by atoms with Gasteiger partial charge in [0.15, 0.2) is 0 Å². The largest absolute Gasteiger partial charge is 0.492 e. The van der Waals surface area contributed by atoms with Crippen molar-refractivity contribution in [2.24, 2.45) is 0 Å². The zero-order valence-electron chi connectivity index (χ0n) is 11.4. The number of rotatable bonds is 7. The lowest BCUT2D eigenvalue weighted by molar-refractivity contribution is 0.264. The second-order valence-electron chi connectivity index (χ2n) is 4.47. The van der Waals surface area contributed by atoms with Crippen LogP contribution >= 0.6 is 11.3 Å². The maximum Gasteiger partial charge on any atom is 0.119 e. The van der Waals surface area contributed by atoms with E-state index in [-0.39, 0.29) is 0 Å². The maximum absolute atomic E-state index is 5.81. The summed E-state index contributed by atoms with van der Waals surface area (Å²) in [6.07, 6.45) is 0.916. The summed E-state index contributed by atoms with van der Waals surface area (Å²) in [5.41, 5.74) is 1.10. The molecule has 4 heteroatoms. The molecule has 0 radical (unpaired) electrons. The molecule has 0 aliphatic rings. The quantitative estimate of drug-likeness (QED) is 0.844. The highest BCUT2D eigenvalue weighted by Gasteiger charge is 2.11. The van der Waals surface area contributed by atoms with Gasteiger partial charge in [0, 0.05) is 23.5 Å². The third-order valence-electron chi connectivity index (χ3n) is 2.77. The van der Waals surface area contributed by atoms with E-state index in [1.54, 1.807) is 11.3 Å². The molecule has 0 saturated heterocycles. The van der Waals surface area contributed by atoms with Crippen molar-refractivity contribution in [1.29, 1.82) is 0 Å². The van der Waals surface area contributed by atoms with Crippen LogP contribution in [0, 0.1) is 6.92 Å². The van der Waals surface area contributed by atoms with Crippen molar-refractivity contribution < 1.29 is 4.74 Å². The molecule has 0 spiro atoms. The Morgan fingerprint density at radius 3 is 2.74 bits per heavy atom. The van der Waals surface area contributed by atoms with E-state index in [1.165, 1.54) is 5.01 Å². The van der Waals surface area contributed by atoms with Crippen molar-refractivity contribution in [3.63, 3.8) is 0 Å². The number of hydrogen-bond acceptors (Lipinski definition) is 4. The molecule has 0 fully saturated rings. The summed E-state index contributed by atoms with van der Waals surface area (Å²) >= 11 is 1.72. The van der Waals surface area contributed by atoms with E-state index in [1.807, 2.05) is 37.3 Å². The minimum Gasteiger partial charge on any atom is -0.492 e. The molecule has 102 valence electrons. The Morgan fingerprint density at radius 2 is 2.11 bits per heavy atom. The first kappa shape index (κ1) is 14.0. The molecule has 0 saturated carbocycles. The molecule has 2 rings (SSSR count). The monoisotopic (exact) mass is 276 g/mol. The van der Waals surface area contributed by atoms with E-state index in [4.69, 9.17) is 4.74 Å². The Morgan fingerprint density at radius 1 is 1.32 bits per heavy atom. The Hall–Kier alpha value is -1.39. The molecule has 1 heterocycles. The average Bonchev–Trinajstić information content (AvgIpc) is 2.83. The summed E-state index contributed by atoms with van der Waals surface area (Å²) < 4.78 is 5.81. The first-order chi connectivity index (χ1) is 9.28. The zero-order valence-corrected chi connectivity index (χ0v) is 12.2. The summed E-state index contributed by atoms with van der Waals surface area (Å²) in [6, 6.07) is 10.2. The van der Waals surface area contributed by atoms with Crippen molar-refractivity contribution in [3.05, 3.63) is 46.4 Å². The standard InChI is InChI=1S/C15H20N2OS/c1-3-16-13(9-15-17-12(2)11-19-15)10-18-14-7-5-4-6-8-14/h4-8,11,13,16H,3,9-10H2,1-2H3. The fourth-order valence-electron chi connectivity index (χ4n) is 1.90. The molecule has 3 nitrogen and oxygen atoms in total. The van der Waals surface area contributed by atoms with Crippen molar-refractivity contribution in [3.8, 4) is 5.75 Å². The van der Waals surface area contributed by atoms with Gasteiger partial charge in [0.2, 0.25) is 0 Å². The summed E-state index contributed by atoms with van der Waals surface area (Å²) in [5, 5.41) is 6.71. The summed E-state index contributed by atoms with van der Waals surface area (Å²) in [6.45, 7) is 5.75. The van der Waals surface area contributed by atoms with E-state index in [0.29, 0.717) is 12.6 Å². The number of aromatic nitrogens is 1. The molecule has 1 aromatic heterocycles. The highest BCUT2D eigenvalue weighted by Crippen LogP contribution is 2.13. The summed E-state index contributed by atoms with van der Waals surface area (Å²) in [7, 11) is 0. The number of para-hydroxylation sites is 1. The van der Waals surface area contributed by atoms with Gasteiger partial charge in [0.05, 0.1) is 5.01 Å². The maximum atomic E-state index is 5.81. The topological polar surface area (TPSA) is 34.1 Å². The second kappa shape index (κ2) is 7.26. The number of thiazole rings is 1. The predicted molar refractivity (Wildman–Crippen MR) is 80.0 cm³/mol. The van der Waals surface area contributed by atoms with Crippen LogP contribution in [0.25, 0.3) is 0 Å². The zero-order chi connectivity index (χ0) is 13.5. The van der Waals surface area contributed by atoms with Crippen LogP contribution < -0.4 is 10.1 Å². The number of hydrogen-bond donors (Lipinski definition) is 1. The number of benzene rings is 1. The van der Waals surface area contributed by atoms with Crippen molar-refractivity contribution >= 4 is 11.3 Å². The smallest absolute Gasteiger partial charge is 0.119 e. The Labute approximate surface area is 118 Å². The van der Waals surface area contributed by atoms with Crippen LogP contribution in [0.4, 0.5) is 0 Å². The molecule has 1 unspecified atom stereocenters. The van der Waals surface area contributed by atoms with Crippen molar-refractivity contribution in [2.75, 3.05) is 13.2 Å². The van der Waals surface area contributed by atoms with E-state index in [0.717, 1.165) is 24.4 Å². The third-order valence-corrected chi connectivity index (χ3v) is 3.76. The van der Waals surface area contributed by atoms with Crippen LogP contribution in [0.2, 0.25) is 0 Å². The van der Waals surface area contributed by atoms with Gasteiger partial charge < -0.3 is 10.1 Å². The number of nitrogens with zero attached hydrogens (tertiary/aromatic N) is 1. The molecule has 1 aromatic carbocycles. The lowest BCUT2D eigenvalue weighted by atomic mass is 10.2. The minimum absolute atomic E-state index is 0.302. The third kappa shape index (κ3) is 4.65. The summed E-state index contributed by atoms with van der Waals surface area (Å²) in [5.74, 6) is 0.917. The van der Waals surface area contributed by atoms with Crippen LogP contribution in [0.15, 0.2) is 35.7 Å². The van der Waals surface area contributed by atoms with Crippen LogP contribution in [-0.4, -0.2) is 24.2 Å². The molecular formula is C15H20N2OS. The van der Waals surface area contributed by atoms with Crippen LogP contribution in [0.1, 0.15) is 17.6 Å². The highest BCUT2D eigenvalue weighted by atomic mass is 32.1. The minimum atomic E-state index is 0.302. The van der Waals surface area contributed by atoms with Gasteiger partial charge in [-0.1, -0.05) is 25.1 Å². The molecule has 2 aromatic rings. The molecule has 0 amide bonds. The van der Waals surface area contributed by atoms with Gasteiger partial charge in [-0.15, -0.1) is 11.3 Å². The van der Waals surface area contributed by atoms with Crippen LogP contribution in [0.5, 0.6) is 5.75 Å². The molecule has 1 N–H and O–H groups in total. The van der Waals surface area contributed by atoms with Crippen molar-refractivity contribution in [1.82, 2.24) is 10.3 Å². The lowest BCUT2D eigenvalue weighted by Crippen LogP contribution is -2.36. The fourth-order valence-corrected chi connectivity index (χ4v) is 2.75. The van der Waals surface area contributed by atoms with Crippen molar-refractivity contribution in [2.45, 2.75) is 26.3 Å². The number of nitrogens with one attached hydrogen (secondary N) is 1.